The van der Waals surface area contributed by atoms with E-state index in [1.807, 2.05) is 24.3 Å². The third-order valence-corrected chi connectivity index (χ3v) is 2.65. The second kappa shape index (κ2) is 6.49. The van der Waals surface area contributed by atoms with E-state index in [4.69, 9.17) is 4.74 Å². The zero-order valence-electron chi connectivity index (χ0n) is 10.7. The van der Waals surface area contributed by atoms with Gasteiger partial charge in [-0.15, -0.1) is 0 Å². The van der Waals surface area contributed by atoms with Crippen molar-refractivity contribution in [2.45, 2.75) is 6.42 Å². The van der Waals surface area contributed by atoms with Crippen LogP contribution in [0, 0.1) is 0 Å². The van der Waals surface area contributed by atoms with Crippen LogP contribution in [-0.2, 0) is 6.42 Å². The van der Waals surface area contributed by atoms with Gasteiger partial charge in [0.05, 0.1) is 7.11 Å². The molecule has 0 aliphatic carbocycles. The molecular formula is C14H15N3O2. The number of amides is 1. The molecule has 1 aromatic heterocycles. The van der Waals surface area contributed by atoms with E-state index in [9.17, 15) is 4.79 Å². The molecule has 98 valence electrons. The van der Waals surface area contributed by atoms with Gasteiger partial charge in [0.1, 0.15) is 17.8 Å². The van der Waals surface area contributed by atoms with Crippen molar-refractivity contribution in [3.63, 3.8) is 0 Å². The van der Waals surface area contributed by atoms with Crippen LogP contribution in [-0.4, -0.2) is 29.5 Å². The molecular weight excluding hydrogens is 242 g/mol. The van der Waals surface area contributed by atoms with Gasteiger partial charge in [0.2, 0.25) is 0 Å². The summed E-state index contributed by atoms with van der Waals surface area (Å²) < 4.78 is 5.15. The lowest BCUT2D eigenvalue weighted by molar-refractivity contribution is 0.0949. The highest BCUT2D eigenvalue weighted by Gasteiger charge is 2.05. The molecule has 0 bridgehead atoms. The Labute approximate surface area is 111 Å². The molecule has 1 heterocycles. The Bertz CT molecular complexity index is 543. The van der Waals surface area contributed by atoms with Crippen LogP contribution in [0.1, 0.15) is 16.1 Å². The van der Waals surface area contributed by atoms with Gasteiger partial charge in [-0.2, -0.15) is 0 Å². The highest BCUT2D eigenvalue weighted by molar-refractivity contribution is 5.91. The van der Waals surface area contributed by atoms with Gasteiger partial charge in [-0.1, -0.05) is 12.1 Å². The predicted octanol–water partition coefficient (Wildman–Crippen LogP) is 1.46. The Morgan fingerprint density at radius 3 is 3.00 bits per heavy atom. The second-order valence-electron chi connectivity index (χ2n) is 3.95. The third-order valence-electron chi connectivity index (χ3n) is 2.65. The highest BCUT2D eigenvalue weighted by Crippen LogP contribution is 2.12. The summed E-state index contributed by atoms with van der Waals surface area (Å²) in [7, 11) is 1.63. The number of hydrogen-bond donors (Lipinski definition) is 1. The maximum Gasteiger partial charge on any atom is 0.270 e. The monoisotopic (exact) mass is 257 g/mol. The van der Waals surface area contributed by atoms with Gasteiger partial charge in [-0.25, -0.2) is 9.97 Å². The van der Waals surface area contributed by atoms with Crippen molar-refractivity contribution >= 4 is 5.91 Å². The largest absolute Gasteiger partial charge is 0.497 e. The average Bonchev–Trinajstić information content (AvgIpc) is 2.48. The van der Waals surface area contributed by atoms with Crippen LogP contribution in [0.3, 0.4) is 0 Å². The lowest BCUT2D eigenvalue weighted by Gasteiger charge is -2.06. The summed E-state index contributed by atoms with van der Waals surface area (Å²) in [5.74, 6) is 0.630. The number of carbonyl (C=O) groups excluding carboxylic acids is 1. The molecule has 0 radical (unpaired) electrons. The number of ether oxygens (including phenoxy) is 1. The fraction of sp³-hybridized carbons (Fsp3) is 0.214. The lowest BCUT2D eigenvalue weighted by atomic mass is 10.1. The van der Waals surface area contributed by atoms with Gasteiger partial charge >= 0.3 is 0 Å². The van der Waals surface area contributed by atoms with E-state index in [-0.39, 0.29) is 5.91 Å². The van der Waals surface area contributed by atoms with Crippen LogP contribution in [0.2, 0.25) is 0 Å². The van der Waals surface area contributed by atoms with Crippen molar-refractivity contribution < 1.29 is 9.53 Å². The molecule has 0 aliphatic rings. The van der Waals surface area contributed by atoms with Crippen LogP contribution in [0.25, 0.3) is 0 Å². The number of methoxy groups -OCH3 is 1. The standard InChI is InChI=1S/C14H15N3O2/c1-19-12-4-2-3-11(9-12)5-8-16-14(18)13-6-7-15-10-17-13/h2-4,6-7,9-10H,5,8H2,1H3,(H,16,18). The molecule has 2 aromatic rings. The predicted molar refractivity (Wildman–Crippen MR) is 71.1 cm³/mol. The highest BCUT2D eigenvalue weighted by atomic mass is 16.5. The molecule has 19 heavy (non-hydrogen) atoms. The lowest BCUT2D eigenvalue weighted by Crippen LogP contribution is -2.26. The maximum atomic E-state index is 11.7. The number of hydrogen-bond acceptors (Lipinski definition) is 4. The zero-order valence-corrected chi connectivity index (χ0v) is 10.7. The fourth-order valence-corrected chi connectivity index (χ4v) is 1.66. The molecule has 0 saturated carbocycles. The first-order chi connectivity index (χ1) is 9.29. The first kappa shape index (κ1) is 13.0. The van der Waals surface area contributed by atoms with E-state index >= 15 is 0 Å². The molecule has 0 spiro atoms. The fourth-order valence-electron chi connectivity index (χ4n) is 1.66. The molecule has 5 heteroatoms. The molecule has 1 amide bonds. The van der Waals surface area contributed by atoms with E-state index in [0.29, 0.717) is 12.2 Å². The molecule has 2 rings (SSSR count). The van der Waals surface area contributed by atoms with Gasteiger partial charge in [0.15, 0.2) is 0 Å². The van der Waals surface area contributed by atoms with Crippen LogP contribution >= 0.6 is 0 Å². The van der Waals surface area contributed by atoms with Gasteiger partial charge in [-0.05, 0) is 30.2 Å². The maximum absolute atomic E-state index is 11.7. The minimum Gasteiger partial charge on any atom is -0.497 e. The summed E-state index contributed by atoms with van der Waals surface area (Å²) in [6, 6.07) is 9.36. The molecule has 5 nitrogen and oxygen atoms in total. The van der Waals surface area contributed by atoms with Crippen molar-refractivity contribution in [2.75, 3.05) is 13.7 Å². The topological polar surface area (TPSA) is 64.1 Å². The minimum absolute atomic E-state index is 0.190. The first-order valence-electron chi connectivity index (χ1n) is 5.97. The van der Waals surface area contributed by atoms with Gasteiger partial charge in [0.25, 0.3) is 5.91 Å². The molecule has 0 aliphatic heterocycles. The molecule has 0 unspecified atom stereocenters. The number of nitrogens with zero attached hydrogens (tertiary/aromatic N) is 2. The van der Waals surface area contributed by atoms with E-state index in [2.05, 4.69) is 15.3 Å². The number of aromatic nitrogens is 2. The Kier molecular flexibility index (Phi) is 4.44. The Balaban J connectivity index is 1.85. The SMILES string of the molecule is COc1cccc(CCNC(=O)c2ccncn2)c1. The molecule has 0 fully saturated rings. The van der Waals surface area contributed by atoms with Gasteiger partial charge in [0, 0.05) is 12.7 Å². The molecule has 0 atom stereocenters. The van der Waals surface area contributed by atoms with E-state index in [1.165, 1.54) is 6.33 Å². The average molecular weight is 257 g/mol. The molecule has 1 N–H and O–H groups in total. The summed E-state index contributed by atoms with van der Waals surface area (Å²) in [6.07, 6.45) is 3.65. The summed E-state index contributed by atoms with van der Waals surface area (Å²) >= 11 is 0. The minimum atomic E-state index is -0.190. The molecule has 1 aromatic carbocycles. The van der Waals surface area contributed by atoms with Gasteiger partial charge in [-0.3, -0.25) is 4.79 Å². The quantitative estimate of drug-likeness (QED) is 0.880. The van der Waals surface area contributed by atoms with E-state index < -0.39 is 0 Å². The Morgan fingerprint density at radius 1 is 1.37 bits per heavy atom. The number of carbonyl (C=O) groups is 1. The zero-order chi connectivity index (χ0) is 13.5. The van der Waals surface area contributed by atoms with Crippen LogP contribution < -0.4 is 10.1 Å². The summed E-state index contributed by atoms with van der Waals surface area (Å²) in [4.78, 5) is 19.4. The summed E-state index contributed by atoms with van der Waals surface area (Å²) in [5.41, 5.74) is 1.49. The van der Waals surface area contributed by atoms with Gasteiger partial charge < -0.3 is 10.1 Å². The summed E-state index contributed by atoms with van der Waals surface area (Å²) in [5, 5.41) is 2.81. The Morgan fingerprint density at radius 2 is 2.26 bits per heavy atom. The third kappa shape index (κ3) is 3.77. The van der Waals surface area contributed by atoms with E-state index in [0.717, 1.165) is 17.7 Å². The normalized spacial score (nSPS) is 9.95. The first-order valence-corrected chi connectivity index (χ1v) is 5.97. The molecule has 0 saturated heterocycles. The van der Waals surface area contributed by atoms with Crippen LogP contribution in [0.4, 0.5) is 0 Å². The van der Waals surface area contributed by atoms with Crippen molar-refractivity contribution in [1.82, 2.24) is 15.3 Å². The van der Waals surface area contributed by atoms with Crippen molar-refractivity contribution in [3.8, 4) is 5.75 Å². The number of benzene rings is 1. The smallest absolute Gasteiger partial charge is 0.270 e. The van der Waals surface area contributed by atoms with Crippen LogP contribution in [0.5, 0.6) is 5.75 Å². The van der Waals surface area contributed by atoms with E-state index in [1.54, 1.807) is 19.4 Å². The number of nitrogens with one attached hydrogen (secondary N) is 1. The number of rotatable bonds is 5. The summed E-state index contributed by atoms with van der Waals surface area (Å²) in [6.45, 7) is 0.552. The van der Waals surface area contributed by atoms with Crippen molar-refractivity contribution in [1.29, 1.82) is 0 Å². The van der Waals surface area contributed by atoms with Crippen LogP contribution in [0.15, 0.2) is 42.9 Å². The van der Waals surface area contributed by atoms with Crippen molar-refractivity contribution in [3.05, 3.63) is 54.1 Å². The van der Waals surface area contributed by atoms with Crippen molar-refractivity contribution in [2.24, 2.45) is 0 Å². The second-order valence-corrected chi connectivity index (χ2v) is 3.95. The Hall–Kier alpha value is -2.43.